The molecule has 12 heteroatoms. The summed E-state index contributed by atoms with van der Waals surface area (Å²) in [6, 6.07) is 12.2. The van der Waals surface area contributed by atoms with E-state index in [0.29, 0.717) is 57.0 Å². The number of pyridine rings is 1. The molecule has 0 saturated carbocycles. The predicted octanol–water partition coefficient (Wildman–Crippen LogP) is 3.17. The maximum absolute atomic E-state index is 12.3. The van der Waals surface area contributed by atoms with E-state index in [1.165, 1.54) is 18.3 Å². The molecule has 0 unspecified atom stereocenters. The molecular formula is C24H23ClN6O4S. The van der Waals surface area contributed by atoms with Crippen molar-refractivity contribution in [1.29, 1.82) is 0 Å². The van der Waals surface area contributed by atoms with Gasteiger partial charge in [-0.3, -0.25) is 14.4 Å². The van der Waals surface area contributed by atoms with Gasteiger partial charge >= 0.3 is 0 Å². The normalized spacial score (nSPS) is 10.7. The number of hydrogen-bond acceptors (Lipinski definition) is 7. The number of ether oxygens (including phenoxy) is 1. The van der Waals surface area contributed by atoms with E-state index in [2.05, 4.69) is 25.9 Å². The van der Waals surface area contributed by atoms with Crippen molar-refractivity contribution < 1.29 is 14.3 Å². The van der Waals surface area contributed by atoms with Crippen LogP contribution in [0.25, 0.3) is 16.8 Å². The first-order chi connectivity index (χ1) is 17.4. The molecule has 0 aliphatic heterocycles. The number of nitrogens with zero attached hydrogens (tertiary/aromatic N) is 3. The van der Waals surface area contributed by atoms with Crippen molar-refractivity contribution in [2.75, 3.05) is 13.2 Å². The minimum absolute atomic E-state index is 0.106. The Kier molecular flexibility index (Phi) is 8.13. The van der Waals surface area contributed by atoms with Crippen LogP contribution in [-0.4, -0.2) is 44.9 Å². The summed E-state index contributed by atoms with van der Waals surface area (Å²) in [4.78, 5) is 38.8. The number of carbonyl (C=O) groups is 2. The Labute approximate surface area is 215 Å². The molecule has 0 fully saturated rings. The number of halogens is 1. The Balaban J connectivity index is 1.52. The van der Waals surface area contributed by atoms with Gasteiger partial charge in [-0.15, -0.1) is 16.4 Å². The molecular weight excluding hydrogens is 504 g/mol. The average molecular weight is 527 g/mol. The molecule has 0 bridgehead atoms. The fourth-order valence-corrected chi connectivity index (χ4v) is 4.31. The van der Waals surface area contributed by atoms with Crippen LogP contribution in [0, 0.1) is 0 Å². The third kappa shape index (κ3) is 6.37. The Bertz CT molecular complexity index is 1430. The van der Waals surface area contributed by atoms with Crippen LogP contribution in [0.4, 0.5) is 0 Å². The van der Waals surface area contributed by atoms with Gasteiger partial charge in [0.2, 0.25) is 5.91 Å². The van der Waals surface area contributed by atoms with Gasteiger partial charge in [-0.25, -0.2) is 4.68 Å². The first-order valence-electron chi connectivity index (χ1n) is 11.0. The van der Waals surface area contributed by atoms with Crippen molar-refractivity contribution in [1.82, 2.24) is 30.6 Å². The first-order valence-corrected chi connectivity index (χ1v) is 12.2. The largest absolute Gasteiger partial charge is 0.491 e. The maximum Gasteiger partial charge on any atom is 0.261 e. The van der Waals surface area contributed by atoms with Crippen molar-refractivity contribution in [2.45, 2.75) is 19.9 Å². The van der Waals surface area contributed by atoms with Gasteiger partial charge in [-0.1, -0.05) is 22.9 Å². The van der Waals surface area contributed by atoms with E-state index in [9.17, 15) is 14.4 Å². The monoisotopic (exact) mass is 526 g/mol. The number of aromatic amines is 1. The second kappa shape index (κ2) is 11.6. The van der Waals surface area contributed by atoms with Crippen molar-refractivity contribution in [3.05, 3.63) is 80.1 Å². The van der Waals surface area contributed by atoms with E-state index in [1.807, 2.05) is 0 Å². The molecule has 0 atom stereocenters. The van der Waals surface area contributed by atoms with Gasteiger partial charge in [0.1, 0.15) is 17.1 Å². The topological polar surface area (TPSA) is 131 Å². The number of nitrogens with one attached hydrogen (secondary N) is 3. The summed E-state index contributed by atoms with van der Waals surface area (Å²) in [5.74, 6) is 0.139. The molecule has 186 valence electrons. The third-order valence-electron chi connectivity index (χ3n) is 5.06. The second-order valence-electron chi connectivity index (χ2n) is 7.72. The lowest BCUT2D eigenvalue weighted by Crippen LogP contribution is -2.22. The van der Waals surface area contributed by atoms with E-state index in [0.717, 1.165) is 0 Å². The molecule has 0 saturated heterocycles. The molecule has 3 heterocycles. The molecule has 36 heavy (non-hydrogen) atoms. The lowest BCUT2D eigenvalue weighted by Gasteiger charge is -2.13. The van der Waals surface area contributed by atoms with Crippen LogP contribution in [0.15, 0.2) is 59.7 Å². The minimum atomic E-state index is -0.248. The van der Waals surface area contributed by atoms with E-state index in [4.69, 9.17) is 16.3 Å². The highest BCUT2D eigenvalue weighted by molar-refractivity contribution is 7.17. The maximum atomic E-state index is 12.3. The summed E-state index contributed by atoms with van der Waals surface area (Å²) in [5, 5.41) is 13.9. The smallest absolute Gasteiger partial charge is 0.261 e. The molecule has 2 amide bonds. The SMILES string of the molecule is CC(=O)NCCCOc1cc(-c2ccc[nH]c2=O)ccc1-n1cc(CNC(=O)c2ccc(Cl)s2)nn1. The number of rotatable bonds is 10. The Morgan fingerprint density at radius 2 is 2.06 bits per heavy atom. The molecule has 0 aliphatic rings. The number of thiophene rings is 1. The zero-order valence-electron chi connectivity index (χ0n) is 19.3. The van der Waals surface area contributed by atoms with Gasteiger partial charge in [0.05, 0.1) is 28.6 Å². The Morgan fingerprint density at radius 3 is 2.81 bits per heavy atom. The number of hydrogen-bond donors (Lipinski definition) is 3. The van der Waals surface area contributed by atoms with Crippen molar-refractivity contribution >= 4 is 34.8 Å². The van der Waals surface area contributed by atoms with Crippen LogP contribution in [0.2, 0.25) is 4.34 Å². The van der Waals surface area contributed by atoms with Crippen LogP contribution >= 0.6 is 22.9 Å². The molecule has 3 aromatic heterocycles. The van der Waals surface area contributed by atoms with E-state index in [1.54, 1.807) is 59.5 Å². The molecule has 0 radical (unpaired) electrons. The Hall–Kier alpha value is -3.96. The fourth-order valence-electron chi connectivity index (χ4n) is 3.35. The summed E-state index contributed by atoms with van der Waals surface area (Å²) < 4.78 is 8.10. The molecule has 3 N–H and O–H groups in total. The predicted molar refractivity (Wildman–Crippen MR) is 137 cm³/mol. The summed E-state index contributed by atoms with van der Waals surface area (Å²) in [6.45, 7) is 2.45. The average Bonchev–Trinajstić information content (AvgIpc) is 3.51. The molecule has 4 aromatic rings. The van der Waals surface area contributed by atoms with Crippen LogP contribution in [-0.2, 0) is 11.3 Å². The van der Waals surface area contributed by atoms with Crippen LogP contribution in [0.5, 0.6) is 5.75 Å². The summed E-state index contributed by atoms with van der Waals surface area (Å²) in [7, 11) is 0. The zero-order chi connectivity index (χ0) is 25.5. The van der Waals surface area contributed by atoms with Crippen molar-refractivity contribution in [3.63, 3.8) is 0 Å². The molecule has 10 nitrogen and oxygen atoms in total. The van der Waals surface area contributed by atoms with Gasteiger partial charge in [-0.05, 0) is 48.4 Å². The lowest BCUT2D eigenvalue weighted by atomic mass is 10.1. The van der Waals surface area contributed by atoms with Crippen molar-refractivity contribution in [3.8, 4) is 22.6 Å². The zero-order valence-corrected chi connectivity index (χ0v) is 20.9. The van der Waals surface area contributed by atoms with Gasteiger partial charge in [0.25, 0.3) is 11.5 Å². The number of amides is 2. The fraction of sp³-hybridized carbons (Fsp3) is 0.208. The summed E-state index contributed by atoms with van der Waals surface area (Å²) in [5.41, 5.74) is 2.13. The van der Waals surface area contributed by atoms with Gasteiger partial charge in [0, 0.05) is 25.2 Å². The molecule has 1 aromatic carbocycles. The van der Waals surface area contributed by atoms with E-state index >= 15 is 0 Å². The lowest BCUT2D eigenvalue weighted by molar-refractivity contribution is -0.118. The number of benzene rings is 1. The first kappa shape index (κ1) is 25.1. The number of aromatic nitrogens is 4. The van der Waals surface area contributed by atoms with Crippen LogP contribution in [0.1, 0.15) is 28.7 Å². The highest BCUT2D eigenvalue weighted by Gasteiger charge is 2.14. The Morgan fingerprint density at radius 1 is 1.19 bits per heavy atom. The van der Waals surface area contributed by atoms with Crippen molar-refractivity contribution in [2.24, 2.45) is 0 Å². The molecule has 4 rings (SSSR count). The third-order valence-corrected chi connectivity index (χ3v) is 6.29. The standard InChI is InChI=1S/C24H23ClN6O4S/c1-15(32)26-10-3-11-35-20-12-16(18-4-2-9-27-23(18)33)5-6-19(20)31-14-17(29-30-31)13-28-24(34)21-7-8-22(25)36-21/h2,4-9,12,14H,3,10-11,13H2,1H3,(H,26,32)(H,27,33)(H,28,34). The highest BCUT2D eigenvalue weighted by Crippen LogP contribution is 2.28. The van der Waals surface area contributed by atoms with Gasteiger partial charge in [0.15, 0.2) is 0 Å². The summed E-state index contributed by atoms with van der Waals surface area (Å²) >= 11 is 7.09. The van der Waals surface area contributed by atoms with E-state index in [-0.39, 0.29) is 23.9 Å². The van der Waals surface area contributed by atoms with Crippen LogP contribution < -0.4 is 20.9 Å². The van der Waals surface area contributed by atoms with E-state index < -0.39 is 0 Å². The highest BCUT2D eigenvalue weighted by atomic mass is 35.5. The minimum Gasteiger partial charge on any atom is -0.491 e. The molecule has 0 spiro atoms. The van der Waals surface area contributed by atoms with Crippen LogP contribution in [0.3, 0.4) is 0 Å². The number of carbonyl (C=O) groups excluding carboxylic acids is 2. The molecule has 0 aliphatic carbocycles. The van der Waals surface area contributed by atoms with Gasteiger partial charge < -0.3 is 20.4 Å². The quantitative estimate of drug-likeness (QED) is 0.272. The van der Waals surface area contributed by atoms with Gasteiger partial charge in [-0.2, -0.15) is 0 Å². The summed E-state index contributed by atoms with van der Waals surface area (Å²) in [6.07, 6.45) is 3.86. The second-order valence-corrected chi connectivity index (χ2v) is 9.44. The number of H-pyrrole nitrogens is 1.